The number of nitrogens with zero attached hydrogens (tertiary/aromatic N) is 2. The molecule has 0 saturated carbocycles. The van der Waals surface area contributed by atoms with E-state index in [1.54, 1.807) is 30.3 Å². The number of benzene rings is 2. The molecule has 0 saturated heterocycles. The maximum Gasteiger partial charge on any atom is 0.225 e. The van der Waals surface area contributed by atoms with Gasteiger partial charge in [-0.2, -0.15) is 5.26 Å². The second kappa shape index (κ2) is 9.41. The van der Waals surface area contributed by atoms with Gasteiger partial charge in [-0.05, 0) is 43.3 Å². The van der Waals surface area contributed by atoms with Gasteiger partial charge in [-0.3, -0.25) is 4.79 Å². The average molecular weight is 408 g/mol. The first kappa shape index (κ1) is 19.9. The van der Waals surface area contributed by atoms with Gasteiger partial charge in [0.25, 0.3) is 0 Å². The largest absolute Gasteiger partial charge is 0.326 e. The lowest BCUT2D eigenvalue weighted by Gasteiger charge is -2.08. The van der Waals surface area contributed by atoms with Gasteiger partial charge in [-0.25, -0.2) is 4.98 Å². The molecule has 3 rings (SSSR count). The molecule has 0 spiro atoms. The molecule has 0 aliphatic carbocycles. The van der Waals surface area contributed by atoms with Gasteiger partial charge in [0, 0.05) is 28.4 Å². The van der Waals surface area contributed by atoms with Gasteiger partial charge < -0.3 is 5.32 Å². The first-order valence-corrected chi connectivity index (χ1v) is 10.1. The van der Waals surface area contributed by atoms with Gasteiger partial charge in [0.1, 0.15) is 11.1 Å². The molecule has 1 heterocycles. The number of nitrogens with one attached hydrogen (secondary N) is 1. The number of anilines is 1. The zero-order valence-electron chi connectivity index (χ0n) is 15.3. The van der Waals surface area contributed by atoms with Crippen LogP contribution in [0.4, 0.5) is 5.69 Å². The van der Waals surface area contributed by atoms with Gasteiger partial charge in [0.05, 0.1) is 11.3 Å². The number of pyridine rings is 1. The van der Waals surface area contributed by atoms with Crippen molar-refractivity contribution >= 4 is 35.0 Å². The van der Waals surface area contributed by atoms with Crippen LogP contribution >= 0.6 is 23.4 Å². The summed E-state index contributed by atoms with van der Waals surface area (Å²) in [6.07, 6.45) is 0.314. The number of rotatable bonds is 6. The second-order valence-electron chi connectivity index (χ2n) is 6.18. The second-order valence-corrected chi connectivity index (χ2v) is 7.70. The summed E-state index contributed by atoms with van der Waals surface area (Å²) in [6, 6.07) is 20.9. The first-order valence-electron chi connectivity index (χ1n) is 8.71. The molecule has 3 aromatic rings. The number of thioether (sulfide) groups is 1. The number of amides is 1. The molecule has 6 heteroatoms. The Kier molecular flexibility index (Phi) is 6.70. The van der Waals surface area contributed by atoms with E-state index in [0.29, 0.717) is 33.5 Å². The van der Waals surface area contributed by atoms with E-state index < -0.39 is 0 Å². The smallest absolute Gasteiger partial charge is 0.225 e. The van der Waals surface area contributed by atoms with Crippen LogP contribution in [0.25, 0.3) is 11.3 Å². The van der Waals surface area contributed by atoms with Gasteiger partial charge >= 0.3 is 0 Å². The average Bonchev–Trinajstić information content (AvgIpc) is 2.70. The Morgan fingerprint density at radius 1 is 1.11 bits per heavy atom. The van der Waals surface area contributed by atoms with Crippen molar-refractivity contribution in [3.63, 3.8) is 0 Å². The molecular formula is C22H18ClN3OS. The number of halogens is 1. The molecule has 0 unspecified atom stereocenters. The van der Waals surface area contributed by atoms with Crippen molar-refractivity contribution in [2.75, 3.05) is 11.1 Å². The highest BCUT2D eigenvalue weighted by atomic mass is 35.5. The van der Waals surface area contributed by atoms with Crippen LogP contribution in [0.3, 0.4) is 0 Å². The predicted octanol–water partition coefficient (Wildman–Crippen LogP) is 5.70. The van der Waals surface area contributed by atoms with Crippen LogP contribution in [0.1, 0.15) is 17.5 Å². The fourth-order valence-corrected chi connectivity index (χ4v) is 3.56. The lowest BCUT2D eigenvalue weighted by atomic mass is 10.1. The predicted molar refractivity (Wildman–Crippen MR) is 115 cm³/mol. The maximum absolute atomic E-state index is 12.1. The van der Waals surface area contributed by atoms with Crippen molar-refractivity contribution in [2.24, 2.45) is 0 Å². The molecule has 1 aromatic heterocycles. The summed E-state index contributed by atoms with van der Waals surface area (Å²) in [5.74, 6) is 0.432. The molecule has 0 bridgehead atoms. The van der Waals surface area contributed by atoms with Crippen molar-refractivity contribution in [2.45, 2.75) is 18.4 Å². The molecule has 140 valence electrons. The van der Waals surface area contributed by atoms with Crippen LogP contribution < -0.4 is 5.32 Å². The van der Waals surface area contributed by atoms with E-state index in [2.05, 4.69) is 16.4 Å². The van der Waals surface area contributed by atoms with Crippen molar-refractivity contribution < 1.29 is 4.79 Å². The Morgan fingerprint density at radius 2 is 1.82 bits per heavy atom. The minimum Gasteiger partial charge on any atom is -0.326 e. The number of hydrogen-bond donors (Lipinski definition) is 1. The quantitative estimate of drug-likeness (QED) is 0.532. The molecule has 0 aliphatic heterocycles. The van der Waals surface area contributed by atoms with E-state index in [9.17, 15) is 10.1 Å². The van der Waals surface area contributed by atoms with E-state index >= 15 is 0 Å². The molecule has 0 radical (unpaired) electrons. The van der Waals surface area contributed by atoms with Crippen molar-refractivity contribution in [1.29, 1.82) is 5.26 Å². The molecule has 0 aliphatic rings. The van der Waals surface area contributed by atoms with E-state index in [4.69, 9.17) is 11.6 Å². The molecule has 28 heavy (non-hydrogen) atoms. The van der Waals surface area contributed by atoms with Crippen LogP contribution in [-0.2, 0) is 4.79 Å². The Balaban J connectivity index is 1.63. The van der Waals surface area contributed by atoms with Gasteiger partial charge in [0.15, 0.2) is 0 Å². The number of nitriles is 1. The normalized spacial score (nSPS) is 10.3. The molecule has 1 N–H and O–H groups in total. The standard InChI is InChI=1S/C22H18ClN3OS/c1-15-2-4-16(5-3-15)20-11-6-17(14-24)22(26-20)28-13-12-21(27)25-19-9-7-18(23)8-10-19/h2-11H,12-13H2,1H3,(H,25,27). The summed E-state index contributed by atoms with van der Waals surface area (Å²) in [5, 5.41) is 13.4. The monoisotopic (exact) mass is 407 g/mol. The van der Waals surface area contributed by atoms with Crippen LogP contribution in [0.2, 0.25) is 5.02 Å². The number of aromatic nitrogens is 1. The zero-order chi connectivity index (χ0) is 19.9. The molecule has 1 amide bonds. The number of aryl methyl sites for hydroxylation is 1. The fourth-order valence-electron chi connectivity index (χ4n) is 2.52. The van der Waals surface area contributed by atoms with E-state index in [1.807, 2.05) is 37.3 Å². The van der Waals surface area contributed by atoms with Crippen molar-refractivity contribution in [3.05, 3.63) is 76.8 Å². The molecule has 0 fully saturated rings. The highest BCUT2D eigenvalue weighted by Gasteiger charge is 2.10. The third-order valence-corrected chi connectivity index (χ3v) is 5.27. The van der Waals surface area contributed by atoms with E-state index in [0.717, 1.165) is 11.3 Å². The lowest BCUT2D eigenvalue weighted by Crippen LogP contribution is -2.12. The Hall–Kier alpha value is -2.81. The minimum atomic E-state index is -0.0944. The summed E-state index contributed by atoms with van der Waals surface area (Å²) >= 11 is 7.25. The first-order chi connectivity index (χ1) is 13.5. The topological polar surface area (TPSA) is 65.8 Å². The summed E-state index contributed by atoms with van der Waals surface area (Å²) in [6.45, 7) is 2.03. The summed E-state index contributed by atoms with van der Waals surface area (Å²) in [4.78, 5) is 16.7. The van der Waals surface area contributed by atoms with Crippen LogP contribution in [-0.4, -0.2) is 16.6 Å². The maximum atomic E-state index is 12.1. The molecule has 2 aromatic carbocycles. The van der Waals surface area contributed by atoms with E-state index in [-0.39, 0.29) is 5.91 Å². The SMILES string of the molecule is Cc1ccc(-c2ccc(C#N)c(SCCC(=O)Nc3ccc(Cl)cc3)n2)cc1. The third-order valence-electron chi connectivity index (χ3n) is 4.02. The highest BCUT2D eigenvalue weighted by Crippen LogP contribution is 2.26. The van der Waals surface area contributed by atoms with E-state index in [1.165, 1.54) is 17.3 Å². The van der Waals surface area contributed by atoms with Crippen molar-refractivity contribution in [1.82, 2.24) is 4.98 Å². The van der Waals surface area contributed by atoms with Crippen LogP contribution in [0, 0.1) is 18.3 Å². The zero-order valence-corrected chi connectivity index (χ0v) is 16.8. The lowest BCUT2D eigenvalue weighted by molar-refractivity contribution is -0.115. The number of carbonyl (C=O) groups is 1. The van der Waals surface area contributed by atoms with Crippen LogP contribution in [0.5, 0.6) is 0 Å². The third kappa shape index (κ3) is 5.35. The van der Waals surface area contributed by atoms with Gasteiger partial charge in [-0.1, -0.05) is 41.4 Å². The fraction of sp³-hybridized carbons (Fsp3) is 0.136. The van der Waals surface area contributed by atoms with Crippen LogP contribution in [0.15, 0.2) is 65.7 Å². The minimum absolute atomic E-state index is 0.0944. The van der Waals surface area contributed by atoms with Crippen molar-refractivity contribution in [3.8, 4) is 17.3 Å². The van der Waals surface area contributed by atoms with Gasteiger partial charge in [0.2, 0.25) is 5.91 Å². The highest BCUT2D eigenvalue weighted by molar-refractivity contribution is 7.99. The summed E-state index contributed by atoms with van der Waals surface area (Å²) < 4.78 is 0. The Labute approximate surface area is 173 Å². The Morgan fingerprint density at radius 3 is 2.50 bits per heavy atom. The summed E-state index contributed by atoms with van der Waals surface area (Å²) in [7, 11) is 0. The van der Waals surface area contributed by atoms with Gasteiger partial charge in [-0.15, -0.1) is 11.8 Å². The molecule has 0 atom stereocenters. The number of hydrogen-bond acceptors (Lipinski definition) is 4. The molecular weight excluding hydrogens is 390 g/mol. The number of carbonyl (C=O) groups excluding carboxylic acids is 1. The summed E-state index contributed by atoms with van der Waals surface area (Å²) in [5.41, 5.74) is 4.21. The molecule has 4 nitrogen and oxygen atoms in total. The Bertz CT molecular complexity index is 1010.